The number of carbonyl (C=O) groups is 1. The van der Waals surface area contributed by atoms with E-state index in [-0.39, 0.29) is 22.4 Å². The number of nitrogens with two attached hydrogens (primary N) is 1. The van der Waals surface area contributed by atoms with Gasteiger partial charge in [-0.05, 0) is 18.2 Å². The van der Waals surface area contributed by atoms with E-state index in [2.05, 4.69) is 0 Å². The smallest absolute Gasteiger partial charge is 0.379 e. The number of hydrogen-bond donors (Lipinski definition) is 1. The van der Waals surface area contributed by atoms with Crippen molar-refractivity contribution in [2.24, 2.45) is 0 Å². The van der Waals surface area contributed by atoms with E-state index < -0.39 is 5.97 Å². The van der Waals surface area contributed by atoms with Crippen molar-refractivity contribution in [2.75, 3.05) is 5.73 Å². The molecule has 0 aliphatic heterocycles. The standard InChI is InChI=1S/C11H7Cl2NO3/c12-6-1-2-7(13)9(5-6)17-11(15)8-3-4-10(14)16-8/h1-5H,14H2. The number of hydrogen-bond acceptors (Lipinski definition) is 4. The van der Waals surface area contributed by atoms with Crippen LogP contribution in [0.4, 0.5) is 5.88 Å². The molecule has 6 heteroatoms. The van der Waals surface area contributed by atoms with E-state index in [9.17, 15) is 4.79 Å². The van der Waals surface area contributed by atoms with Crippen molar-refractivity contribution in [1.82, 2.24) is 0 Å². The van der Waals surface area contributed by atoms with E-state index in [0.29, 0.717) is 5.02 Å². The minimum Gasteiger partial charge on any atom is -0.434 e. The van der Waals surface area contributed by atoms with Gasteiger partial charge in [0.05, 0.1) is 5.02 Å². The van der Waals surface area contributed by atoms with Crippen LogP contribution >= 0.6 is 23.2 Å². The minimum atomic E-state index is -0.689. The fourth-order valence-electron chi connectivity index (χ4n) is 1.17. The first-order valence-corrected chi connectivity index (χ1v) is 5.34. The molecule has 2 aromatic rings. The molecule has 0 unspecified atom stereocenters. The average molecular weight is 272 g/mol. The van der Waals surface area contributed by atoms with Gasteiger partial charge >= 0.3 is 5.97 Å². The number of rotatable bonds is 2. The van der Waals surface area contributed by atoms with E-state index in [1.807, 2.05) is 0 Å². The van der Waals surface area contributed by atoms with Crippen LogP contribution in [0, 0.1) is 0 Å². The number of anilines is 1. The van der Waals surface area contributed by atoms with Crippen molar-refractivity contribution in [3.05, 3.63) is 46.1 Å². The summed E-state index contributed by atoms with van der Waals surface area (Å²) in [6, 6.07) is 7.43. The second-order valence-electron chi connectivity index (χ2n) is 3.17. The minimum absolute atomic E-state index is 0.00135. The van der Waals surface area contributed by atoms with Crippen LogP contribution in [0.5, 0.6) is 5.75 Å². The number of ether oxygens (including phenoxy) is 1. The van der Waals surface area contributed by atoms with E-state index >= 15 is 0 Å². The summed E-state index contributed by atoms with van der Waals surface area (Å²) in [5.74, 6) is -0.391. The van der Waals surface area contributed by atoms with Crippen LogP contribution in [-0.4, -0.2) is 5.97 Å². The van der Waals surface area contributed by atoms with Gasteiger partial charge in [0, 0.05) is 17.2 Å². The maximum atomic E-state index is 11.6. The van der Waals surface area contributed by atoms with Gasteiger partial charge in [-0.25, -0.2) is 4.79 Å². The van der Waals surface area contributed by atoms with Crippen molar-refractivity contribution in [1.29, 1.82) is 0 Å². The summed E-state index contributed by atoms with van der Waals surface area (Å²) in [5.41, 5.74) is 5.34. The molecule has 17 heavy (non-hydrogen) atoms. The second-order valence-corrected chi connectivity index (χ2v) is 4.01. The molecule has 1 heterocycles. The maximum Gasteiger partial charge on any atom is 0.379 e. The molecular formula is C11H7Cl2NO3. The fourth-order valence-corrected chi connectivity index (χ4v) is 1.49. The molecule has 0 fully saturated rings. The molecule has 0 aliphatic rings. The van der Waals surface area contributed by atoms with Crippen molar-refractivity contribution in [3.8, 4) is 5.75 Å². The van der Waals surface area contributed by atoms with Crippen molar-refractivity contribution >= 4 is 35.1 Å². The third-order valence-corrected chi connectivity index (χ3v) is 2.47. The van der Waals surface area contributed by atoms with Gasteiger partial charge in [-0.15, -0.1) is 0 Å². The van der Waals surface area contributed by atoms with Crippen molar-refractivity contribution in [3.63, 3.8) is 0 Å². The Bertz CT molecular complexity index is 566. The number of carbonyl (C=O) groups excluding carboxylic acids is 1. The lowest BCUT2D eigenvalue weighted by atomic mass is 10.3. The lowest BCUT2D eigenvalue weighted by Crippen LogP contribution is -2.07. The highest BCUT2D eigenvalue weighted by molar-refractivity contribution is 6.34. The Hall–Kier alpha value is -1.65. The zero-order valence-corrected chi connectivity index (χ0v) is 9.96. The van der Waals surface area contributed by atoms with Gasteiger partial charge in [-0.1, -0.05) is 23.2 Å². The van der Waals surface area contributed by atoms with Gasteiger partial charge in [0.15, 0.2) is 11.6 Å². The fraction of sp³-hybridized carbons (Fsp3) is 0. The lowest BCUT2D eigenvalue weighted by Gasteiger charge is -2.04. The summed E-state index contributed by atoms with van der Waals surface area (Å²) >= 11 is 11.6. The van der Waals surface area contributed by atoms with Gasteiger partial charge in [0.25, 0.3) is 0 Å². The Morgan fingerprint density at radius 2 is 2.00 bits per heavy atom. The first-order valence-electron chi connectivity index (χ1n) is 4.59. The van der Waals surface area contributed by atoms with Gasteiger partial charge in [-0.3, -0.25) is 0 Å². The van der Waals surface area contributed by atoms with Crippen LogP contribution in [0.15, 0.2) is 34.7 Å². The van der Waals surface area contributed by atoms with Gasteiger partial charge in [0.2, 0.25) is 5.76 Å². The average Bonchev–Trinajstić information content (AvgIpc) is 2.70. The SMILES string of the molecule is Nc1ccc(C(=O)Oc2cc(Cl)ccc2Cl)o1. The molecule has 0 bridgehead atoms. The summed E-state index contributed by atoms with van der Waals surface area (Å²) in [5, 5.41) is 0.693. The van der Waals surface area contributed by atoms with Crippen LogP contribution in [-0.2, 0) is 0 Å². The summed E-state index contributed by atoms with van der Waals surface area (Å²) in [6.45, 7) is 0. The predicted molar refractivity (Wildman–Crippen MR) is 64.5 cm³/mol. The Balaban J connectivity index is 2.21. The number of nitrogen functional groups attached to an aromatic ring is 1. The van der Waals surface area contributed by atoms with Gasteiger partial charge < -0.3 is 14.9 Å². The summed E-state index contributed by atoms with van der Waals surface area (Å²) in [7, 11) is 0. The Morgan fingerprint density at radius 1 is 1.24 bits per heavy atom. The highest BCUT2D eigenvalue weighted by Crippen LogP contribution is 2.28. The monoisotopic (exact) mass is 271 g/mol. The van der Waals surface area contributed by atoms with E-state index in [1.54, 1.807) is 6.07 Å². The predicted octanol–water partition coefficient (Wildman–Crippen LogP) is 3.39. The van der Waals surface area contributed by atoms with Crippen molar-refractivity contribution in [2.45, 2.75) is 0 Å². The summed E-state index contributed by atoms with van der Waals surface area (Å²) in [4.78, 5) is 11.6. The topological polar surface area (TPSA) is 65.5 Å². The second kappa shape index (κ2) is 4.69. The van der Waals surface area contributed by atoms with Crippen LogP contribution in [0.2, 0.25) is 10.0 Å². The third-order valence-electron chi connectivity index (χ3n) is 1.92. The molecule has 0 aliphatic carbocycles. The molecule has 4 nitrogen and oxygen atoms in total. The Kier molecular flexibility index (Phi) is 3.26. The molecule has 0 saturated carbocycles. The Morgan fingerprint density at radius 3 is 2.65 bits per heavy atom. The number of esters is 1. The first kappa shape index (κ1) is 11.8. The molecular weight excluding hydrogens is 265 g/mol. The largest absolute Gasteiger partial charge is 0.434 e. The number of halogens is 2. The third kappa shape index (κ3) is 2.72. The summed E-state index contributed by atoms with van der Waals surface area (Å²) in [6.07, 6.45) is 0. The lowest BCUT2D eigenvalue weighted by molar-refractivity contribution is 0.0703. The van der Waals surface area contributed by atoms with Gasteiger partial charge in [-0.2, -0.15) is 0 Å². The highest BCUT2D eigenvalue weighted by Gasteiger charge is 2.15. The quantitative estimate of drug-likeness (QED) is 0.672. The molecule has 0 atom stereocenters. The molecule has 2 rings (SSSR count). The van der Waals surface area contributed by atoms with E-state index in [4.69, 9.17) is 38.1 Å². The molecule has 0 radical (unpaired) electrons. The molecule has 0 amide bonds. The molecule has 1 aromatic heterocycles. The normalized spacial score (nSPS) is 10.2. The molecule has 1 aromatic carbocycles. The molecule has 2 N–H and O–H groups in total. The van der Waals surface area contributed by atoms with Crippen LogP contribution in [0.1, 0.15) is 10.6 Å². The number of furan rings is 1. The molecule has 0 spiro atoms. The zero-order chi connectivity index (χ0) is 12.4. The molecule has 0 saturated heterocycles. The zero-order valence-electron chi connectivity index (χ0n) is 8.44. The van der Waals surface area contributed by atoms with Crippen LogP contribution < -0.4 is 10.5 Å². The van der Waals surface area contributed by atoms with E-state index in [0.717, 1.165) is 0 Å². The molecule has 88 valence electrons. The van der Waals surface area contributed by atoms with E-state index in [1.165, 1.54) is 24.3 Å². The number of benzene rings is 1. The first-order chi connectivity index (χ1) is 8.06. The highest BCUT2D eigenvalue weighted by atomic mass is 35.5. The van der Waals surface area contributed by atoms with Crippen LogP contribution in [0.3, 0.4) is 0 Å². The van der Waals surface area contributed by atoms with Crippen LogP contribution in [0.25, 0.3) is 0 Å². The van der Waals surface area contributed by atoms with Gasteiger partial charge in [0.1, 0.15) is 0 Å². The summed E-state index contributed by atoms with van der Waals surface area (Å²) < 4.78 is 9.94. The Labute approximate surface area is 107 Å². The van der Waals surface area contributed by atoms with Crippen molar-refractivity contribution < 1.29 is 13.9 Å². The maximum absolute atomic E-state index is 11.6.